The molecule has 1 aliphatic heterocycles. The number of non-ortho nitro benzene ring substituents is 1. The summed E-state index contributed by atoms with van der Waals surface area (Å²) in [6.45, 7) is 0. The van der Waals surface area contributed by atoms with Crippen molar-refractivity contribution in [2.24, 2.45) is 0 Å². The van der Waals surface area contributed by atoms with E-state index < -0.39 is 22.7 Å². The van der Waals surface area contributed by atoms with Gasteiger partial charge in [0.1, 0.15) is 11.8 Å². The molecule has 1 N–H and O–H groups in total. The second-order valence-electron chi connectivity index (χ2n) is 7.49. The zero-order chi connectivity index (χ0) is 23.1. The third kappa shape index (κ3) is 3.37. The summed E-state index contributed by atoms with van der Waals surface area (Å²) in [5, 5.41) is 25.6. The maximum Gasteiger partial charge on any atom is 0.300 e. The first kappa shape index (κ1) is 20.6. The second kappa shape index (κ2) is 7.99. The van der Waals surface area contributed by atoms with Gasteiger partial charge < -0.3 is 5.11 Å². The van der Waals surface area contributed by atoms with Gasteiger partial charge in [-0.3, -0.25) is 24.6 Å². The van der Waals surface area contributed by atoms with Crippen LogP contribution in [0.2, 0.25) is 0 Å². The number of carbonyl (C=O) groups excluding carboxylic acids is 2. The van der Waals surface area contributed by atoms with E-state index in [9.17, 15) is 24.8 Å². The Balaban J connectivity index is 1.72. The molecule has 7 nitrogen and oxygen atoms in total. The molecule has 4 aromatic rings. The maximum atomic E-state index is 13.3. The largest absolute Gasteiger partial charge is 0.507 e. The molecule has 33 heavy (non-hydrogen) atoms. The average molecular weight is 456 g/mol. The molecule has 0 radical (unpaired) electrons. The molecule has 0 spiro atoms. The van der Waals surface area contributed by atoms with Crippen LogP contribution in [-0.4, -0.2) is 21.7 Å². The van der Waals surface area contributed by atoms with Crippen molar-refractivity contribution in [1.29, 1.82) is 0 Å². The summed E-state index contributed by atoms with van der Waals surface area (Å²) in [6.07, 6.45) is 0. The molecule has 5 rings (SSSR count). The first-order chi connectivity index (χ1) is 16.0. The number of aliphatic hydroxyl groups excluding tert-OH is 1. The van der Waals surface area contributed by atoms with Crippen molar-refractivity contribution in [2.75, 3.05) is 4.90 Å². The Morgan fingerprint density at radius 2 is 1.67 bits per heavy atom. The van der Waals surface area contributed by atoms with E-state index in [2.05, 4.69) is 0 Å². The van der Waals surface area contributed by atoms with E-state index in [0.29, 0.717) is 10.6 Å². The summed E-state index contributed by atoms with van der Waals surface area (Å²) in [5.41, 5.74) is 0.594. The van der Waals surface area contributed by atoms with Gasteiger partial charge >= 0.3 is 0 Å². The zero-order valence-corrected chi connectivity index (χ0v) is 17.9. The minimum Gasteiger partial charge on any atom is -0.507 e. The van der Waals surface area contributed by atoms with Crippen LogP contribution in [0.25, 0.3) is 16.5 Å². The van der Waals surface area contributed by atoms with Gasteiger partial charge in [-0.2, -0.15) is 0 Å². The molecule has 162 valence electrons. The van der Waals surface area contributed by atoms with Crippen molar-refractivity contribution in [3.05, 3.63) is 110 Å². The van der Waals surface area contributed by atoms with Gasteiger partial charge in [0.05, 0.1) is 16.2 Å². The lowest BCUT2D eigenvalue weighted by atomic mass is 9.99. The monoisotopic (exact) mass is 456 g/mol. The van der Waals surface area contributed by atoms with Crippen LogP contribution in [0.1, 0.15) is 16.5 Å². The van der Waals surface area contributed by atoms with E-state index >= 15 is 0 Å². The smallest absolute Gasteiger partial charge is 0.300 e. The summed E-state index contributed by atoms with van der Waals surface area (Å²) < 4.78 is 0. The summed E-state index contributed by atoms with van der Waals surface area (Å²) >= 11 is 1.37. The number of fused-ring (bicyclic) bond motifs is 1. The van der Waals surface area contributed by atoms with E-state index in [1.54, 1.807) is 6.07 Å². The fourth-order valence-corrected chi connectivity index (χ4v) is 4.94. The number of hydrogen-bond acceptors (Lipinski definition) is 6. The normalized spacial score (nSPS) is 17.6. The van der Waals surface area contributed by atoms with Crippen molar-refractivity contribution >= 4 is 50.9 Å². The topological polar surface area (TPSA) is 101 Å². The zero-order valence-electron chi connectivity index (χ0n) is 17.0. The van der Waals surface area contributed by atoms with Gasteiger partial charge in [0.25, 0.3) is 17.4 Å². The molecular weight excluding hydrogens is 440 g/mol. The highest BCUT2D eigenvalue weighted by molar-refractivity contribution is 7.10. The van der Waals surface area contributed by atoms with Gasteiger partial charge in [0, 0.05) is 28.0 Å². The van der Waals surface area contributed by atoms with E-state index in [1.807, 2.05) is 53.9 Å². The van der Waals surface area contributed by atoms with Crippen LogP contribution in [0.5, 0.6) is 0 Å². The number of Topliss-reactive ketones (excluding diaryl/α,β-unsaturated/α-hetero) is 1. The van der Waals surface area contributed by atoms with Gasteiger partial charge in [-0.15, -0.1) is 11.3 Å². The number of thiophene rings is 1. The first-order valence-corrected chi connectivity index (χ1v) is 10.9. The third-order valence-corrected chi connectivity index (χ3v) is 6.56. The molecule has 1 unspecified atom stereocenters. The van der Waals surface area contributed by atoms with Crippen LogP contribution in [0, 0.1) is 10.1 Å². The molecule has 1 aromatic heterocycles. The molecule has 1 fully saturated rings. The number of nitro groups is 1. The number of benzene rings is 3. The molecule has 1 amide bonds. The van der Waals surface area contributed by atoms with Gasteiger partial charge in [-0.25, -0.2) is 0 Å². The lowest BCUT2D eigenvalue weighted by Crippen LogP contribution is -2.29. The quantitative estimate of drug-likeness (QED) is 0.145. The molecule has 3 aromatic carbocycles. The Hall–Kier alpha value is -4.30. The van der Waals surface area contributed by atoms with Gasteiger partial charge in [-0.1, -0.05) is 42.5 Å². The Morgan fingerprint density at radius 3 is 2.36 bits per heavy atom. The third-order valence-electron chi connectivity index (χ3n) is 5.63. The fraction of sp³-hybridized carbons (Fsp3) is 0.0400. The fourth-order valence-electron chi connectivity index (χ4n) is 4.11. The summed E-state index contributed by atoms with van der Waals surface area (Å²) in [7, 11) is 0. The Kier molecular flexibility index (Phi) is 4.99. The summed E-state index contributed by atoms with van der Waals surface area (Å²) in [6, 6.07) is 21.1. The molecule has 1 saturated heterocycles. The Labute approximate surface area is 192 Å². The minimum atomic E-state index is -0.828. The number of hydrogen-bond donors (Lipinski definition) is 1. The number of anilines is 1. The second-order valence-corrected chi connectivity index (χ2v) is 8.47. The number of carbonyl (C=O) groups is 2. The lowest BCUT2D eigenvalue weighted by molar-refractivity contribution is -0.384. The van der Waals surface area contributed by atoms with E-state index in [1.165, 1.54) is 40.5 Å². The van der Waals surface area contributed by atoms with E-state index in [-0.39, 0.29) is 22.6 Å². The minimum absolute atomic E-state index is 0.0516. The van der Waals surface area contributed by atoms with Crippen molar-refractivity contribution in [3.63, 3.8) is 0 Å². The lowest BCUT2D eigenvalue weighted by Gasteiger charge is -2.25. The van der Waals surface area contributed by atoms with Crippen molar-refractivity contribution < 1.29 is 19.6 Å². The number of amides is 1. The van der Waals surface area contributed by atoms with Crippen LogP contribution in [-0.2, 0) is 9.59 Å². The maximum absolute atomic E-state index is 13.3. The Bertz CT molecular complexity index is 1440. The number of nitrogens with zero attached hydrogens (tertiary/aromatic N) is 2. The predicted molar refractivity (Wildman–Crippen MR) is 126 cm³/mol. The number of rotatable bonds is 4. The standard InChI is InChI=1S/C25H16N2O5S/c28-23(16-10-12-17(13-11-16)27(31)32)21-22(20-9-4-14-33-20)26(25(30)24(21)29)19-8-3-6-15-5-1-2-7-18(15)19/h1-14,22,28H/b23-21-. The first-order valence-electron chi connectivity index (χ1n) is 10.0. The van der Waals surface area contributed by atoms with E-state index in [4.69, 9.17) is 0 Å². The number of aliphatic hydroxyl groups is 1. The van der Waals surface area contributed by atoms with Crippen LogP contribution in [0.3, 0.4) is 0 Å². The molecule has 8 heteroatoms. The van der Waals surface area contributed by atoms with Crippen LogP contribution < -0.4 is 4.90 Å². The summed E-state index contributed by atoms with van der Waals surface area (Å²) in [4.78, 5) is 39.1. The average Bonchev–Trinajstić information content (AvgIpc) is 3.45. The molecule has 1 atom stereocenters. The number of ketones is 1. The molecule has 0 saturated carbocycles. The number of nitro benzene ring substituents is 1. The highest BCUT2D eigenvalue weighted by atomic mass is 32.1. The molecule has 1 aliphatic rings. The van der Waals surface area contributed by atoms with Crippen molar-refractivity contribution in [3.8, 4) is 0 Å². The molecular formula is C25H16N2O5S. The highest BCUT2D eigenvalue weighted by Gasteiger charge is 2.47. The predicted octanol–water partition coefficient (Wildman–Crippen LogP) is 5.44. The van der Waals surface area contributed by atoms with Crippen LogP contribution in [0.4, 0.5) is 11.4 Å². The Morgan fingerprint density at radius 1 is 0.939 bits per heavy atom. The highest BCUT2D eigenvalue weighted by Crippen LogP contribution is 2.45. The molecule has 0 bridgehead atoms. The molecule has 0 aliphatic carbocycles. The molecule has 2 heterocycles. The SMILES string of the molecule is O=C1C(=O)N(c2cccc3ccccc23)C(c2cccs2)/C1=C(/O)c1ccc([N+](=O)[O-])cc1. The van der Waals surface area contributed by atoms with E-state index in [0.717, 1.165) is 10.8 Å². The van der Waals surface area contributed by atoms with Gasteiger partial charge in [-0.05, 0) is 35.0 Å². The van der Waals surface area contributed by atoms with Gasteiger partial charge in [0.2, 0.25) is 0 Å². The summed E-state index contributed by atoms with van der Waals surface area (Å²) in [5.74, 6) is -1.92. The van der Waals surface area contributed by atoms with Crippen LogP contribution >= 0.6 is 11.3 Å². The van der Waals surface area contributed by atoms with Gasteiger partial charge in [0.15, 0.2) is 0 Å². The van der Waals surface area contributed by atoms with Crippen molar-refractivity contribution in [2.45, 2.75) is 6.04 Å². The van der Waals surface area contributed by atoms with Crippen molar-refractivity contribution in [1.82, 2.24) is 0 Å². The van der Waals surface area contributed by atoms with Crippen LogP contribution in [0.15, 0.2) is 89.8 Å².